The third-order valence-corrected chi connectivity index (χ3v) is 2.58. The Bertz CT molecular complexity index is 572. The Morgan fingerprint density at radius 2 is 1.95 bits per heavy atom. The highest BCUT2D eigenvalue weighted by Crippen LogP contribution is 2.13. The number of hydrogen-bond acceptors (Lipinski definition) is 5. The summed E-state index contributed by atoms with van der Waals surface area (Å²) < 4.78 is 0. The van der Waals surface area contributed by atoms with Crippen LogP contribution in [-0.4, -0.2) is 11.1 Å². The van der Waals surface area contributed by atoms with E-state index in [0.717, 1.165) is 5.56 Å². The molecule has 2 rings (SSSR count). The third kappa shape index (κ3) is 3.79. The van der Waals surface area contributed by atoms with Gasteiger partial charge in [-0.25, -0.2) is 5.48 Å². The van der Waals surface area contributed by atoms with E-state index in [-0.39, 0.29) is 23.1 Å². The van der Waals surface area contributed by atoms with Crippen LogP contribution in [0, 0.1) is 5.21 Å². The van der Waals surface area contributed by atoms with Gasteiger partial charge in [-0.2, -0.15) is 0 Å². The quantitative estimate of drug-likeness (QED) is 0.816. The van der Waals surface area contributed by atoms with E-state index in [1.165, 1.54) is 24.3 Å². The average molecular weight is 273 g/mol. The lowest BCUT2D eigenvalue weighted by Crippen LogP contribution is -2.23. The highest BCUT2D eigenvalue weighted by molar-refractivity contribution is 5.94. The first-order valence-corrected chi connectivity index (χ1v) is 5.89. The van der Waals surface area contributed by atoms with Crippen molar-refractivity contribution < 1.29 is 14.8 Å². The van der Waals surface area contributed by atoms with Crippen molar-refractivity contribution in [2.45, 2.75) is 6.61 Å². The predicted octanol–water partition coefficient (Wildman–Crippen LogP) is 2.24. The second kappa shape index (κ2) is 6.67. The summed E-state index contributed by atoms with van der Waals surface area (Å²) in [6, 6.07) is 15.0. The second-order valence-corrected chi connectivity index (χ2v) is 4.03. The molecule has 0 saturated carbocycles. The molecule has 0 atom stereocenters. The lowest BCUT2D eigenvalue weighted by molar-refractivity contribution is 0.0233. The van der Waals surface area contributed by atoms with E-state index < -0.39 is 5.91 Å². The number of benzene rings is 2. The number of rotatable bonds is 5. The molecule has 0 radical (unpaired) electrons. The van der Waals surface area contributed by atoms with E-state index in [4.69, 9.17) is 10.0 Å². The van der Waals surface area contributed by atoms with Gasteiger partial charge in [0, 0.05) is 5.56 Å². The molecule has 0 heterocycles. The molecule has 6 heteroatoms. The molecule has 0 unspecified atom stereocenters. The van der Waals surface area contributed by atoms with Gasteiger partial charge in [0.15, 0.2) is 0 Å². The number of hydroxylamine groups is 1. The Hall–Kier alpha value is -2.41. The maximum absolute atomic E-state index is 11.8. The molecule has 2 aromatic rings. The summed E-state index contributed by atoms with van der Waals surface area (Å²) in [5, 5.41) is 19.2. The molecule has 20 heavy (non-hydrogen) atoms. The average Bonchev–Trinajstić information content (AvgIpc) is 2.48. The summed E-state index contributed by atoms with van der Waals surface area (Å²) in [5.74, 6) is -0.496. The van der Waals surface area contributed by atoms with Gasteiger partial charge in [0.25, 0.3) is 5.91 Å². The maximum Gasteiger partial charge on any atom is 0.274 e. The highest BCUT2D eigenvalue weighted by atomic mass is 16.8. The summed E-state index contributed by atoms with van der Waals surface area (Å²) in [6.07, 6.45) is 0. The number of carbonyl (C=O) groups is 1. The van der Waals surface area contributed by atoms with E-state index in [0.29, 0.717) is 0 Å². The number of amides is 1. The Balaban J connectivity index is 1.90. The van der Waals surface area contributed by atoms with Crippen LogP contribution in [0.2, 0.25) is 0 Å². The molecule has 0 aliphatic carbocycles. The first kappa shape index (κ1) is 14.0. The van der Waals surface area contributed by atoms with Crippen LogP contribution in [0.15, 0.2) is 54.6 Å². The molecule has 104 valence electrons. The minimum absolute atomic E-state index is 0.0271. The maximum atomic E-state index is 11.8. The van der Waals surface area contributed by atoms with Gasteiger partial charge in [0.05, 0.1) is 12.3 Å². The van der Waals surface area contributed by atoms with Crippen LogP contribution in [0.4, 0.5) is 5.69 Å². The minimum Gasteiger partial charge on any atom is -0.733 e. The van der Waals surface area contributed by atoms with Gasteiger partial charge < -0.3 is 10.4 Å². The Morgan fingerprint density at radius 3 is 2.65 bits per heavy atom. The first-order valence-electron chi connectivity index (χ1n) is 5.89. The van der Waals surface area contributed by atoms with Crippen molar-refractivity contribution in [1.82, 2.24) is 5.48 Å². The standard InChI is InChI=1S/C14H13N2O4/c17-14(12-7-4-8-13(9-12)16(18)19)15-20-10-11-5-2-1-3-6-11/h1-9,18H,10H2,(H,15,17)/q-1. The fraction of sp³-hybridized carbons (Fsp3) is 0.0714. The molecule has 1 amide bonds. The van der Waals surface area contributed by atoms with E-state index in [1.54, 1.807) is 0 Å². The summed E-state index contributed by atoms with van der Waals surface area (Å²) in [4.78, 5) is 16.9. The van der Waals surface area contributed by atoms with Crippen LogP contribution in [0.25, 0.3) is 0 Å². The lowest BCUT2D eigenvalue weighted by atomic mass is 10.2. The van der Waals surface area contributed by atoms with Gasteiger partial charge in [-0.3, -0.25) is 14.8 Å². The van der Waals surface area contributed by atoms with Gasteiger partial charge >= 0.3 is 0 Å². The molecular weight excluding hydrogens is 260 g/mol. The summed E-state index contributed by atoms with van der Waals surface area (Å²) in [5.41, 5.74) is 3.38. The molecular formula is C14H13N2O4-. The molecule has 0 aliphatic heterocycles. The summed E-state index contributed by atoms with van der Waals surface area (Å²) in [7, 11) is 0. The number of carbonyl (C=O) groups excluding carboxylic acids is 1. The van der Waals surface area contributed by atoms with Gasteiger partial charge in [-0.05, 0) is 23.8 Å². The monoisotopic (exact) mass is 273 g/mol. The number of nitrogens with zero attached hydrogens (tertiary/aromatic N) is 1. The van der Waals surface area contributed by atoms with Crippen molar-refractivity contribution in [2.24, 2.45) is 0 Å². The summed E-state index contributed by atoms with van der Waals surface area (Å²) in [6.45, 7) is 0.236. The minimum atomic E-state index is -0.496. The molecule has 0 aromatic heterocycles. The normalized spacial score (nSPS) is 10.1. The zero-order valence-electron chi connectivity index (χ0n) is 10.5. The van der Waals surface area contributed by atoms with Gasteiger partial charge in [-0.15, -0.1) is 0 Å². The SMILES string of the molecule is O=C(NOCc1ccccc1)c1cccc(N([O-])O)c1. The van der Waals surface area contributed by atoms with Crippen molar-refractivity contribution in [2.75, 3.05) is 5.23 Å². The number of anilines is 1. The van der Waals surface area contributed by atoms with E-state index >= 15 is 0 Å². The van der Waals surface area contributed by atoms with Gasteiger partial charge in [0.2, 0.25) is 0 Å². The van der Waals surface area contributed by atoms with Crippen LogP contribution in [-0.2, 0) is 11.4 Å². The van der Waals surface area contributed by atoms with Crippen molar-refractivity contribution in [3.05, 3.63) is 70.9 Å². The Morgan fingerprint density at radius 1 is 1.20 bits per heavy atom. The van der Waals surface area contributed by atoms with Crippen LogP contribution >= 0.6 is 0 Å². The zero-order chi connectivity index (χ0) is 14.4. The summed E-state index contributed by atoms with van der Waals surface area (Å²) >= 11 is 0. The van der Waals surface area contributed by atoms with Crippen molar-refractivity contribution in [3.8, 4) is 0 Å². The Kier molecular flexibility index (Phi) is 4.67. The zero-order valence-corrected chi connectivity index (χ0v) is 10.5. The van der Waals surface area contributed by atoms with Crippen LogP contribution in [0.3, 0.4) is 0 Å². The van der Waals surface area contributed by atoms with E-state index in [9.17, 15) is 10.0 Å². The number of nitrogens with one attached hydrogen (secondary N) is 1. The Labute approximate surface area is 115 Å². The van der Waals surface area contributed by atoms with Crippen molar-refractivity contribution >= 4 is 11.6 Å². The molecule has 2 N–H and O–H groups in total. The fourth-order valence-electron chi connectivity index (χ4n) is 1.58. The molecule has 0 bridgehead atoms. The second-order valence-electron chi connectivity index (χ2n) is 4.03. The lowest BCUT2D eigenvalue weighted by Gasteiger charge is -2.21. The largest absolute Gasteiger partial charge is 0.733 e. The van der Waals surface area contributed by atoms with E-state index in [2.05, 4.69) is 5.48 Å². The van der Waals surface area contributed by atoms with Crippen molar-refractivity contribution in [1.29, 1.82) is 0 Å². The molecule has 0 spiro atoms. The fourth-order valence-corrected chi connectivity index (χ4v) is 1.58. The molecule has 0 fully saturated rings. The highest BCUT2D eigenvalue weighted by Gasteiger charge is 2.06. The molecule has 0 saturated heterocycles. The third-order valence-electron chi connectivity index (χ3n) is 2.58. The van der Waals surface area contributed by atoms with Crippen LogP contribution < -0.4 is 10.7 Å². The van der Waals surface area contributed by atoms with E-state index in [1.807, 2.05) is 30.3 Å². The van der Waals surface area contributed by atoms with Gasteiger partial charge in [0.1, 0.15) is 0 Å². The molecule has 6 nitrogen and oxygen atoms in total. The predicted molar refractivity (Wildman–Crippen MR) is 72.8 cm³/mol. The van der Waals surface area contributed by atoms with Crippen LogP contribution in [0.1, 0.15) is 15.9 Å². The van der Waals surface area contributed by atoms with Crippen molar-refractivity contribution in [3.63, 3.8) is 0 Å². The van der Waals surface area contributed by atoms with Crippen LogP contribution in [0.5, 0.6) is 0 Å². The molecule has 0 aliphatic rings. The van der Waals surface area contributed by atoms with Gasteiger partial charge in [-0.1, -0.05) is 36.4 Å². The topological polar surface area (TPSA) is 84.9 Å². The first-order chi connectivity index (χ1) is 9.66. The molecule has 2 aromatic carbocycles. The smallest absolute Gasteiger partial charge is 0.274 e. The number of hydrogen-bond donors (Lipinski definition) is 2.